The van der Waals surface area contributed by atoms with Crippen molar-refractivity contribution in [3.63, 3.8) is 0 Å². The van der Waals surface area contributed by atoms with E-state index >= 15 is 0 Å². The molecule has 23 heavy (non-hydrogen) atoms. The zero-order valence-electron chi connectivity index (χ0n) is 12.5. The van der Waals surface area contributed by atoms with Gasteiger partial charge in [0.05, 0.1) is 6.61 Å². The van der Waals surface area contributed by atoms with Crippen LogP contribution in [0, 0.1) is 5.82 Å². The second kappa shape index (κ2) is 6.44. The Morgan fingerprint density at radius 2 is 1.91 bits per heavy atom. The zero-order valence-corrected chi connectivity index (χ0v) is 12.5. The molecule has 0 fully saturated rings. The molecule has 1 aliphatic rings. The molecule has 1 aliphatic heterocycles. The van der Waals surface area contributed by atoms with E-state index in [9.17, 15) is 9.18 Å². The molecule has 4 nitrogen and oxygen atoms in total. The first-order chi connectivity index (χ1) is 11.2. The molecule has 116 valence electrons. The van der Waals surface area contributed by atoms with E-state index in [0.717, 1.165) is 5.75 Å². The van der Waals surface area contributed by atoms with Crippen LogP contribution in [0.25, 0.3) is 6.08 Å². The van der Waals surface area contributed by atoms with Gasteiger partial charge in [-0.3, -0.25) is 0 Å². The van der Waals surface area contributed by atoms with Crippen molar-refractivity contribution in [3.05, 3.63) is 71.2 Å². The first-order valence-corrected chi connectivity index (χ1v) is 7.17. The maximum Gasteiger partial charge on any atom is 0.363 e. The van der Waals surface area contributed by atoms with Gasteiger partial charge in [0, 0.05) is 11.1 Å². The standard InChI is InChI=1S/C18H14FNO3/c1-2-22-14-9-7-12(8-10-14)17-20-16(18(21)23-17)11-13-5-3-4-6-15(13)19/h3-11H,2H2,1H3/b16-11-. The third kappa shape index (κ3) is 3.29. The second-order valence-electron chi connectivity index (χ2n) is 4.81. The molecule has 0 saturated carbocycles. The lowest BCUT2D eigenvalue weighted by Gasteiger charge is -2.03. The summed E-state index contributed by atoms with van der Waals surface area (Å²) in [6, 6.07) is 13.2. The molecule has 0 bridgehead atoms. The fourth-order valence-electron chi connectivity index (χ4n) is 2.13. The number of carbonyl (C=O) groups excluding carboxylic acids is 1. The minimum atomic E-state index is -0.600. The number of carbonyl (C=O) groups is 1. The molecule has 2 aromatic rings. The highest BCUT2D eigenvalue weighted by atomic mass is 19.1. The van der Waals surface area contributed by atoms with Crippen LogP contribution >= 0.6 is 0 Å². The third-order valence-electron chi connectivity index (χ3n) is 3.23. The van der Waals surface area contributed by atoms with Crippen LogP contribution in [0.1, 0.15) is 18.1 Å². The molecule has 0 unspecified atom stereocenters. The Morgan fingerprint density at radius 3 is 2.61 bits per heavy atom. The normalized spacial score (nSPS) is 15.5. The first-order valence-electron chi connectivity index (χ1n) is 7.17. The summed E-state index contributed by atoms with van der Waals surface area (Å²) in [5, 5.41) is 0. The highest BCUT2D eigenvalue weighted by molar-refractivity contribution is 6.12. The fraction of sp³-hybridized carbons (Fsp3) is 0.111. The quantitative estimate of drug-likeness (QED) is 0.640. The summed E-state index contributed by atoms with van der Waals surface area (Å²) in [6.07, 6.45) is 1.37. The van der Waals surface area contributed by atoms with E-state index in [1.807, 2.05) is 6.92 Å². The maximum absolute atomic E-state index is 13.6. The Balaban J connectivity index is 1.88. The molecule has 0 saturated heterocycles. The number of nitrogens with zero attached hydrogens (tertiary/aromatic N) is 1. The van der Waals surface area contributed by atoms with Gasteiger partial charge in [0.2, 0.25) is 5.90 Å². The summed E-state index contributed by atoms with van der Waals surface area (Å²) in [4.78, 5) is 16.0. The number of aliphatic imine (C=N–C) groups is 1. The second-order valence-corrected chi connectivity index (χ2v) is 4.81. The average Bonchev–Trinajstić information content (AvgIpc) is 2.92. The number of hydrogen-bond donors (Lipinski definition) is 0. The highest BCUT2D eigenvalue weighted by Gasteiger charge is 2.24. The van der Waals surface area contributed by atoms with Crippen LogP contribution in [0.2, 0.25) is 0 Å². The lowest BCUT2D eigenvalue weighted by atomic mass is 10.2. The minimum Gasteiger partial charge on any atom is -0.494 e. The van der Waals surface area contributed by atoms with Crippen LogP contribution in [0.4, 0.5) is 4.39 Å². The summed E-state index contributed by atoms with van der Waals surface area (Å²) in [5.41, 5.74) is 1.01. The van der Waals surface area contributed by atoms with E-state index in [1.165, 1.54) is 12.1 Å². The Hall–Kier alpha value is -2.95. The summed E-state index contributed by atoms with van der Waals surface area (Å²) >= 11 is 0. The first kappa shape index (κ1) is 15.0. The van der Waals surface area contributed by atoms with Crippen LogP contribution in [-0.2, 0) is 9.53 Å². The smallest absolute Gasteiger partial charge is 0.363 e. The number of ether oxygens (including phenoxy) is 2. The van der Waals surface area contributed by atoms with E-state index in [2.05, 4.69) is 4.99 Å². The number of cyclic esters (lactones) is 1. The molecule has 0 amide bonds. The van der Waals surface area contributed by atoms with Crippen molar-refractivity contribution < 1.29 is 18.7 Å². The summed E-state index contributed by atoms with van der Waals surface area (Å²) in [5.74, 6) is -0.0985. The zero-order chi connectivity index (χ0) is 16.2. The van der Waals surface area contributed by atoms with Gasteiger partial charge in [-0.15, -0.1) is 0 Å². The summed E-state index contributed by atoms with van der Waals surface area (Å²) in [7, 11) is 0. The Kier molecular flexibility index (Phi) is 4.19. The molecule has 0 radical (unpaired) electrons. The van der Waals surface area contributed by atoms with Gasteiger partial charge in [0.25, 0.3) is 0 Å². The Bertz CT molecular complexity index is 794. The Labute approximate surface area is 132 Å². The van der Waals surface area contributed by atoms with E-state index in [0.29, 0.717) is 12.2 Å². The molecule has 0 N–H and O–H groups in total. The van der Waals surface area contributed by atoms with Gasteiger partial charge in [-0.25, -0.2) is 14.2 Å². The number of hydrogen-bond acceptors (Lipinski definition) is 4. The van der Waals surface area contributed by atoms with Crippen molar-refractivity contribution in [1.82, 2.24) is 0 Å². The van der Waals surface area contributed by atoms with Crippen molar-refractivity contribution in [2.24, 2.45) is 4.99 Å². The van der Waals surface area contributed by atoms with Crippen molar-refractivity contribution in [2.45, 2.75) is 6.92 Å². The molecule has 2 aromatic carbocycles. The molecule has 0 atom stereocenters. The van der Waals surface area contributed by atoms with Crippen molar-refractivity contribution in [1.29, 1.82) is 0 Å². The molecule has 5 heteroatoms. The molecule has 0 spiro atoms. The number of halogens is 1. The van der Waals surface area contributed by atoms with Gasteiger partial charge in [0.1, 0.15) is 11.6 Å². The van der Waals surface area contributed by atoms with Gasteiger partial charge in [-0.2, -0.15) is 0 Å². The molecular weight excluding hydrogens is 297 g/mol. The number of rotatable bonds is 4. The molecule has 0 aliphatic carbocycles. The predicted molar refractivity (Wildman–Crippen MR) is 84.6 cm³/mol. The van der Waals surface area contributed by atoms with E-state index in [1.54, 1.807) is 42.5 Å². The topological polar surface area (TPSA) is 47.9 Å². The number of esters is 1. The monoisotopic (exact) mass is 311 g/mol. The molecule has 1 heterocycles. The Morgan fingerprint density at radius 1 is 1.17 bits per heavy atom. The maximum atomic E-state index is 13.6. The minimum absolute atomic E-state index is 0.0685. The lowest BCUT2D eigenvalue weighted by molar-refractivity contribution is -0.129. The van der Waals surface area contributed by atoms with Gasteiger partial charge in [0.15, 0.2) is 5.70 Å². The highest BCUT2D eigenvalue weighted by Crippen LogP contribution is 2.21. The summed E-state index contributed by atoms with van der Waals surface area (Å²) < 4.78 is 24.2. The molecule has 0 aromatic heterocycles. The van der Waals surface area contributed by atoms with Gasteiger partial charge in [-0.1, -0.05) is 18.2 Å². The van der Waals surface area contributed by atoms with Gasteiger partial charge < -0.3 is 9.47 Å². The van der Waals surface area contributed by atoms with Crippen LogP contribution in [0.3, 0.4) is 0 Å². The van der Waals surface area contributed by atoms with Crippen LogP contribution in [0.15, 0.2) is 59.2 Å². The van der Waals surface area contributed by atoms with Gasteiger partial charge >= 0.3 is 5.97 Å². The van der Waals surface area contributed by atoms with Crippen molar-refractivity contribution >= 4 is 17.9 Å². The van der Waals surface area contributed by atoms with Crippen molar-refractivity contribution in [2.75, 3.05) is 6.61 Å². The predicted octanol–water partition coefficient (Wildman–Crippen LogP) is 3.57. The molecular formula is C18H14FNO3. The van der Waals surface area contributed by atoms with Crippen LogP contribution in [-0.4, -0.2) is 18.5 Å². The molecule has 3 rings (SSSR count). The van der Waals surface area contributed by atoms with Crippen molar-refractivity contribution in [3.8, 4) is 5.75 Å². The van der Waals surface area contributed by atoms with E-state index in [-0.39, 0.29) is 17.2 Å². The summed E-state index contributed by atoms with van der Waals surface area (Å²) in [6.45, 7) is 2.47. The number of benzene rings is 2. The third-order valence-corrected chi connectivity index (χ3v) is 3.23. The fourth-order valence-corrected chi connectivity index (χ4v) is 2.13. The largest absolute Gasteiger partial charge is 0.494 e. The average molecular weight is 311 g/mol. The van der Waals surface area contributed by atoms with E-state index in [4.69, 9.17) is 9.47 Å². The van der Waals surface area contributed by atoms with Crippen LogP contribution in [0.5, 0.6) is 5.75 Å². The van der Waals surface area contributed by atoms with E-state index < -0.39 is 11.8 Å². The SMILES string of the molecule is CCOc1ccc(C2=N/C(=C\c3ccccc3F)C(=O)O2)cc1. The lowest BCUT2D eigenvalue weighted by Crippen LogP contribution is -2.05. The van der Waals surface area contributed by atoms with Gasteiger partial charge in [-0.05, 0) is 43.3 Å². The van der Waals surface area contributed by atoms with Crippen LogP contribution < -0.4 is 4.74 Å².